The van der Waals surface area contributed by atoms with Crippen molar-refractivity contribution >= 4 is 17.4 Å². The van der Waals surface area contributed by atoms with E-state index in [0.717, 1.165) is 43.5 Å². The molecule has 0 saturated carbocycles. The highest BCUT2D eigenvalue weighted by atomic mass is 16.2. The number of carbonyl (C=O) groups excluding carboxylic acids is 2. The van der Waals surface area contributed by atoms with Crippen LogP contribution in [0.25, 0.3) is 5.57 Å². The summed E-state index contributed by atoms with van der Waals surface area (Å²) >= 11 is 0. The average Bonchev–Trinajstić information content (AvgIpc) is 3.00. The molecule has 1 fully saturated rings. The number of rotatable bonds is 5. The van der Waals surface area contributed by atoms with E-state index in [2.05, 4.69) is 29.2 Å². The van der Waals surface area contributed by atoms with Gasteiger partial charge >= 0.3 is 0 Å². The predicted molar refractivity (Wildman–Crippen MR) is 120 cm³/mol. The number of carbonyl (C=O) groups is 2. The minimum Gasteiger partial charge on any atom is -0.366 e. The molecule has 156 valence electrons. The van der Waals surface area contributed by atoms with E-state index < -0.39 is 0 Å². The molecule has 1 saturated heterocycles. The first-order chi connectivity index (χ1) is 14.5. The van der Waals surface area contributed by atoms with Gasteiger partial charge in [0.15, 0.2) is 0 Å². The fourth-order valence-electron chi connectivity index (χ4n) is 4.59. The van der Waals surface area contributed by atoms with Crippen molar-refractivity contribution in [1.82, 2.24) is 9.80 Å². The summed E-state index contributed by atoms with van der Waals surface area (Å²) in [5, 5.41) is 0. The van der Waals surface area contributed by atoms with E-state index >= 15 is 0 Å². The number of likely N-dealkylation sites (tertiary alicyclic amines) is 1. The molecule has 2 aromatic rings. The van der Waals surface area contributed by atoms with E-state index in [4.69, 9.17) is 0 Å². The zero-order valence-electron chi connectivity index (χ0n) is 18.1. The van der Waals surface area contributed by atoms with Gasteiger partial charge in [-0.3, -0.25) is 14.5 Å². The minimum absolute atomic E-state index is 0.146. The van der Waals surface area contributed by atoms with Gasteiger partial charge in [-0.25, -0.2) is 0 Å². The van der Waals surface area contributed by atoms with Gasteiger partial charge in [0.2, 0.25) is 0 Å². The third kappa shape index (κ3) is 3.91. The summed E-state index contributed by atoms with van der Waals surface area (Å²) in [7, 11) is 0. The lowest BCUT2D eigenvalue weighted by Gasteiger charge is -2.34. The first-order valence-electron chi connectivity index (χ1n) is 10.9. The van der Waals surface area contributed by atoms with Gasteiger partial charge in [0.05, 0.1) is 5.57 Å². The lowest BCUT2D eigenvalue weighted by atomic mass is 9.89. The molecule has 0 atom stereocenters. The summed E-state index contributed by atoms with van der Waals surface area (Å²) in [5.74, 6) is 0.299. The SMILES string of the molecule is Cc1ccc(C2=C(N3CCC(Cc4ccccc4)CC3)C(=O)N(C(C)C)C2=O)cc1. The average molecular weight is 403 g/mol. The molecule has 0 bridgehead atoms. The summed E-state index contributed by atoms with van der Waals surface area (Å²) in [5.41, 5.74) is 4.50. The van der Waals surface area contributed by atoms with Gasteiger partial charge < -0.3 is 4.90 Å². The van der Waals surface area contributed by atoms with Gasteiger partial charge in [-0.15, -0.1) is 0 Å². The quantitative estimate of drug-likeness (QED) is 0.695. The van der Waals surface area contributed by atoms with Gasteiger partial charge in [0.25, 0.3) is 11.8 Å². The van der Waals surface area contributed by atoms with Gasteiger partial charge in [0.1, 0.15) is 5.70 Å². The maximum Gasteiger partial charge on any atom is 0.278 e. The fourth-order valence-corrected chi connectivity index (χ4v) is 4.59. The molecule has 4 heteroatoms. The molecule has 4 rings (SSSR count). The van der Waals surface area contributed by atoms with E-state index in [1.165, 1.54) is 10.5 Å². The van der Waals surface area contributed by atoms with E-state index in [1.54, 1.807) is 0 Å². The molecule has 2 aliphatic heterocycles. The number of benzene rings is 2. The van der Waals surface area contributed by atoms with Gasteiger partial charge in [-0.2, -0.15) is 0 Å². The lowest BCUT2D eigenvalue weighted by Crippen LogP contribution is -2.41. The standard InChI is InChI=1S/C26H30N2O2/c1-18(2)28-25(29)23(22-11-9-19(3)10-12-22)24(26(28)30)27-15-13-21(14-16-27)17-20-7-5-4-6-8-20/h4-12,18,21H,13-17H2,1-3H3. The Labute approximate surface area is 179 Å². The van der Waals surface area contributed by atoms with Crippen molar-refractivity contribution in [3.63, 3.8) is 0 Å². The topological polar surface area (TPSA) is 40.6 Å². The smallest absolute Gasteiger partial charge is 0.278 e. The molecule has 0 spiro atoms. The summed E-state index contributed by atoms with van der Waals surface area (Å²) < 4.78 is 0. The van der Waals surface area contributed by atoms with E-state index in [0.29, 0.717) is 17.2 Å². The summed E-state index contributed by atoms with van der Waals surface area (Å²) in [6.45, 7) is 7.45. The summed E-state index contributed by atoms with van der Waals surface area (Å²) in [6.07, 6.45) is 3.13. The number of hydrogen-bond donors (Lipinski definition) is 0. The Bertz CT molecular complexity index is 952. The first kappa shape index (κ1) is 20.4. The van der Waals surface area contributed by atoms with Crippen LogP contribution in [-0.4, -0.2) is 40.7 Å². The number of nitrogens with zero attached hydrogens (tertiary/aromatic N) is 2. The highest BCUT2D eigenvalue weighted by Crippen LogP contribution is 2.35. The maximum absolute atomic E-state index is 13.3. The zero-order chi connectivity index (χ0) is 21.3. The van der Waals surface area contributed by atoms with Crippen molar-refractivity contribution in [3.05, 3.63) is 77.0 Å². The third-order valence-corrected chi connectivity index (χ3v) is 6.25. The molecule has 0 radical (unpaired) electrons. The number of amides is 2. The van der Waals surface area contributed by atoms with Crippen molar-refractivity contribution in [2.75, 3.05) is 13.1 Å². The predicted octanol–water partition coefficient (Wildman–Crippen LogP) is 4.44. The van der Waals surface area contributed by atoms with Crippen LogP contribution in [0.1, 0.15) is 43.4 Å². The summed E-state index contributed by atoms with van der Waals surface area (Å²) in [6, 6.07) is 18.4. The van der Waals surface area contributed by atoms with Crippen LogP contribution in [0.3, 0.4) is 0 Å². The molecule has 4 nitrogen and oxygen atoms in total. The van der Waals surface area contributed by atoms with Crippen molar-refractivity contribution in [3.8, 4) is 0 Å². The van der Waals surface area contributed by atoms with Crippen LogP contribution < -0.4 is 0 Å². The fraction of sp³-hybridized carbons (Fsp3) is 0.385. The molecular weight excluding hydrogens is 372 g/mol. The summed E-state index contributed by atoms with van der Waals surface area (Å²) in [4.78, 5) is 30.1. The van der Waals surface area contributed by atoms with Crippen molar-refractivity contribution in [2.45, 2.75) is 46.1 Å². The molecule has 2 aliphatic rings. The molecule has 0 N–H and O–H groups in total. The van der Waals surface area contributed by atoms with Crippen LogP contribution in [0.2, 0.25) is 0 Å². The number of hydrogen-bond acceptors (Lipinski definition) is 3. The number of imide groups is 1. The molecule has 0 unspecified atom stereocenters. The number of piperidine rings is 1. The van der Waals surface area contributed by atoms with Crippen LogP contribution in [0.5, 0.6) is 0 Å². The highest BCUT2D eigenvalue weighted by Gasteiger charge is 2.43. The van der Waals surface area contributed by atoms with E-state index in [9.17, 15) is 9.59 Å². The van der Waals surface area contributed by atoms with Gasteiger partial charge in [-0.1, -0.05) is 60.2 Å². The largest absolute Gasteiger partial charge is 0.366 e. The van der Waals surface area contributed by atoms with E-state index in [1.807, 2.05) is 51.1 Å². The monoisotopic (exact) mass is 402 g/mol. The Hall–Kier alpha value is -2.88. The molecule has 2 aromatic carbocycles. The van der Waals surface area contributed by atoms with Crippen LogP contribution in [-0.2, 0) is 16.0 Å². The molecular formula is C26H30N2O2. The van der Waals surface area contributed by atoms with Crippen LogP contribution >= 0.6 is 0 Å². The Morgan fingerprint density at radius 3 is 2.13 bits per heavy atom. The Morgan fingerprint density at radius 2 is 1.53 bits per heavy atom. The van der Waals surface area contributed by atoms with Crippen molar-refractivity contribution in [1.29, 1.82) is 0 Å². The van der Waals surface area contributed by atoms with Crippen molar-refractivity contribution < 1.29 is 9.59 Å². The molecule has 0 aromatic heterocycles. The van der Waals surface area contributed by atoms with Crippen LogP contribution in [0.15, 0.2) is 60.3 Å². The normalized spacial score (nSPS) is 18.1. The third-order valence-electron chi connectivity index (χ3n) is 6.25. The molecule has 2 amide bonds. The van der Waals surface area contributed by atoms with E-state index in [-0.39, 0.29) is 17.9 Å². The highest BCUT2D eigenvalue weighted by molar-refractivity contribution is 6.35. The Morgan fingerprint density at radius 1 is 0.900 bits per heavy atom. The lowest BCUT2D eigenvalue weighted by molar-refractivity contribution is -0.139. The number of aryl methyl sites for hydroxylation is 1. The molecule has 30 heavy (non-hydrogen) atoms. The molecule has 0 aliphatic carbocycles. The van der Waals surface area contributed by atoms with Gasteiger partial charge in [-0.05, 0) is 57.1 Å². The van der Waals surface area contributed by atoms with Crippen molar-refractivity contribution in [2.24, 2.45) is 5.92 Å². The Kier molecular flexibility index (Phi) is 5.76. The first-order valence-corrected chi connectivity index (χ1v) is 10.9. The maximum atomic E-state index is 13.3. The van der Waals surface area contributed by atoms with Gasteiger partial charge in [0, 0.05) is 19.1 Å². The second-order valence-electron chi connectivity index (χ2n) is 8.78. The van der Waals surface area contributed by atoms with Crippen LogP contribution in [0.4, 0.5) is 0 Å². The second-order valence-corrected chi connectivity index (χ2v) is 8.78. The zero-order valence-corrected chi connectivity index (χ0v) is 18.1. The second kappa shape index (κ2) is 8.47. The molecule has 2 heterocycles. The Balaban J connectivity index is 1.58. The minimum atomic E-state index is -0.166. The van der Waals surface area contributed by atoms with Crippen LogP contribution in [0, 0.1) is 12.8 Å².